The number of hydrogen-bond acceptors (Lipinski definition) is 6. The van der Waals surface area contributed by atoms with Crippen molar-refractivity contribution < 1.29 is 28.9 Å². The number of ether oxygens (including phenoxy) is 3. The fraction of sp³-hybridized carbons (Fsp3) is 0.286. The zero-order valence-electron chi connectivity index (χ0n) is 11.5. The molecule has 6 heteroatoms. The van der Waals surface area contributed by atoms with Gasteiger partial charge in [0.2, 0.25) is 0 Å². The van der Waals surface area contributed by atoms with E-state index < -0.39 is 18.4 Å². The van der Waals surface area contributed by atoms with Crippen LogP contribution in [0.5, 0.6) is 11.5 Å². The van der Waals surface area contributed by atoms with Crippen molar-refractivity contribution in [2.24, 2.45) is 0 Å². The second-order valence-electron chi connectivity index (χ2n) is 3.82. The summed E-state index contributed by atoms with van der Waals surface area (Å²) in [7, 11) is 4.16. The van der Waals surface area contributed by atoms with Crippen LogP contribution in [0.2, 0.25) is 0 Å². The number of carboxylic acid groups (broad SMARTS) is 1. The first kappa shape index (κ1) is 15.6. The number of aliphatic carboxylic acids is 1. The van der Waals surface area contributed by atoms with E-state index in [0.29, 0.717) is 17.1 Å². The molecule has 0 aromatic heterocycles. The van der Waals surface area contributed by atoms with Crippen molar-refractivity contribution in [3.05, 3.63) is 29.3 Å². The second-order valence-corrected chi connectivity index (χ2v) is 3.82. The van der Waals surface area contributed by atoms with Crippen molar-refractivity contribution in [1.82, 2.24) is 0 Å². The predicted octanol–water partition coefficient (Wildman–Crippen LogP) is 0.400. The third-order valence-corrected chi connectivity index (χ3v) is 2.53. The Morgan fingerprint density at radius 2 is 1.80 bits per heavy atom. The van der Waals surface area contributed by atoms with E-state index in [-0.39, 0.29) is 5.57 Å². The summed E-state index contributed by atoms with van der Waals surface area (Å²) in [5.74, 6) is -1.07. The molecule has 6 nitrogen and oxygen atoms in total. The molecule has 0 spiro atoms. The van der Waals surface area contributed by atoms with E-state index in [2.05, 4.69) is 4.74 Å². The van der Waals surface area contributed by atoms with E-state index in [0.717, 1.165) is 0 Å². The van der Waals surface area contributed by atoms with Gasteiger partial charge in [-0.3, -0.25) is 0 Å². The van der Waals surface area contributed by atoms with Crippen LogP contribution in [-0.2, 0) is 14.3 Å². The standard InChI is InChI=1S/C14H16O6/c1-18-11-5-4-9(7-12(11)19-2)6-10(8-13(15)16)14(17)20-3/h4-7H,8H2,1-3H3,(H,15,16)/p-1. The highest BCUT2D eigenvalue weighted by Crippen LogP contribution is 2.28. The molecule has 0 unspecified atom stereocenters. The Kier molecular flexibility index (Phi) is 5.58. The number of hydrogen-bond donors (Lipinski definition) is 0. The molecule has 0 aliphatic heterocycles. The molecule has 0 heterocycles. The molecule has 0 amide bonds. The molecular formula is C14H15O6-. The molecule has 20 heavy (non-hydrogen) atoms. The normalized spacial score (nSPS) is 10.8. The molecule has 108 valence electrons. The Balaban J connectivity index is 3.16. The van der Waals surface area contributed by atoms with Gasteiger partial charge in [-0.25, -0.2) is 4.79 Å². The highest BCUT2D eigenvalue weighted by atomic mass is 16.5. The van der Waals surface area contributed by atoms with Crippen LogP contribution in [0.3, 0.4) is 0 Å². The van der Waals surface area contributed by atoms with Crippen molar-refractivity contribution in [1.29, 1.82) is 0 Å². The number of carbonyl (C=O) groups excluding carboxylic acids is 2. The molecule has 0 aliphatic rings. The Labute approximate surface area is 116 Å². The number of esters is 1. The molecule has 0 atom stereocenters. The molecule has 1 aromatic carbocycles. The quantitative estimate of drug-likeness (QED) is 0.553. The summed E-state index contributed by atoms with van der Waals surface area (Å²) >= 11 is 0. The van der Waals surface area contributed by atoms with Gasteiger partial charge in [-0.2, -0.15) is 0 Å². The molecule has 0 radical (unpaired) electrons. The first-order valence-corrected chi connectivity index (χ1v) is 5.72. The highest BCUT2D eigenvalue weighted by Gasteiger charge is 2.11. The van der Waals surface area contributed by atoms with Crippen molar-refractivity contribution in [3.63, 3.8) is 0 Å². The average Bonchev–Trinajstić information content (AvgIpc) is 2.45. The Bertz CT molecular complexity index is 532. The summed E-state index contributed by atoms with van der Waals surface area (Å²) in [6, 6.07) is 4.94. The van der Waals surface area contributed by atoms with Gasteiger partial charge >= 0.3 is 5.97 Å². The Morgan fingerprint density at radius 3 is 2.30 bits per heavy atom. The Morgan fingerprint density at radius 1 is 1.15 bits per heavy atom. The second kappa shape index (κ2) is 7.18. The number of methoxy groups -OCH3 is 3. The molecule has 0 N–H and O–H groups in total. The lowest BCUT2D eigenvalue weighted by atomic mass is 10.1. The number of carboxylic acids is 1. The van der Waals surface area contributed by atoms with E-state index in [1.165, 1.54) is 27.4 Å². The van der Waals surface area contributed by atoms with Crippen LogP contribution in [0.25, 0.3) is 6.08 Å². The van der Waals surface area contributed by atoms with Crippen LogP contribution in [-0.4, -0.2) is 33.3 Å². The fourth-order valence-corrected chi connectivity index (χ4v) is 1.61. The molecule has 0 saturated carbocycles. The zero-order chi connectivity index (χ0) is 15.1. The van der Waals surface area contributed by atoms with Crippen molar-refractivity contribution in [2.75, 3.05) is 21.3 Å². The summed E-state index contributed by atoms with van der Waals surface area (Å²) in [5, 5.41) is 10.6. The van der Waals surface area contributed by atoms with Crippen LogP contribution in [0.4, 0.5) is 0 Å². The maximum absolute atomic E-state index is 11.5. The van der Waals surface area contributed by atoms with E-state index in [9.17, 15) is 14.7 Å². The van der Waals surface area contributed by atoms with E-state index in [1.807, 2.05) is 0 Å². The SMILES string of the molecule is COC(=O)C(=Cc1ccc(OC)c(OC)c1)CC(=O)[O-]. The predicted molar refractivity (Wildman–Crippen MR) is 69.2 cm³/mol. The summed E-state index contributed by atoms with van der Waals surface area (Å²) in [5.41, 5.74) is 0.573. The van der Waals surface area contributed by atoms with E-state index in [1.54, 1.807) is 18.2 Å². The van der Waals surface area contributed by atoms with Gasteiger partial charge in [0.15, 0.2) is 11.5 Å². The average molecular weight is 279 g/mol. The lowest BCUT2D eigenvalue weighted by Crippen LogP contribution is -2.24. The monoisotopic (exact) mass is 279 g/mol. The van der Waals surface area contributed by atoms with Gasteiger partial charge < -0.3 is 24.1 Å². The number of rotatable bonds is 6. The highest BCUT2D eigenvalue weighted by molar-refractivity contribution is 5.97. The summed E-state index contributed by atoms with van der Waals surface area (Å²) in [6.45, 7) is 0. The summed E-state index contributed by atoms with van der Waals surface area (Å²) in [4.78, 5) is 22.1. The minimum atomic E-state index is -1.36. The van der Waals surface area contributed by atoms with Crippen LogP contribution >= 0.6 is 0 Å². The maximum atomic E-state index is 11.5. The van der Waals surface area contributed by atoms with Crippen LogP contribution < -0.4 is 14.6 Å². The van der Waals surface area contributed by atoms with Crippen molar-refractivity contribution in [3.8, 4) is 11.5 Å². The third kappa shape index (κ3) is 4.01. The van der Waals surface area contributed by atoms with Gasteiger partial charge in [-0.05, 0) is 23.8 Å². The molecule has 0 fully saturated rings. The largest absolute Gasteiger partial charge is 0.550 e. The van der Waals surface area contributed by atoms with Gasteiger partial charge in [-0.1, -0.05) is 6.07 Å². The molecule has 1 aromatic rings. The lowest BCUT2D eigenvalue weighted by Gasteiger charge is -2.09. The van der Waals surface area contributed by atoms with Gasteiger partial charge in [0, 0.05) is 18.0 Å². The molecule has 1 rings (SSSR count). The van der Waals surface area contributed by atoms with Gasteiger partial charge in [-0.15, -0.1) is 0 Å². The summed E-state index contributed by atoms with van der Waals surface area (Å²) in [6.07, 6.45) is 0.880. The van der Waals surface area contributed by atoms with Crippen LogP contribution in [0.1, 0.15) is 12.0 Å². The minimum absolute atomic E-state index is 0.0141. The van der Waals surface area contributed by atoms with E-state index >= 15 is 0 Å². The fourth-order valence-electron chi connectivity index (χ4n) is 1.61. The molecule has 0 saturated heterocycles. The minimum Gasteiger partial charge on any atom is -0.550 e. The molecule has 0 aliphatic carbocycles. The summed E-state index contributed by atoms with van der Waals surface area (Å²) < 4.78 is 14.7. The molecule has 0 bridgehead atoms. The topological polar surface area (TPSA) is 84.9 Å². The first-order chi connectivity index (χ1) is 9.51. The van der Waals surface area contributed by atoms with Crippen molar-refractivity contribution in [2.45, 2.75) is 6.42 Å². The number of carbonyl (C=O) groups is 2. The smallest absolute Gasteiger partial charge is 0.334 e. The number of benzene rings is 1. The van der Waals surface area contributed by atoms with E-state index in [4.69, 9.17) is 9.47 Å². The zero-order valence-corrected chi connectivity index (χ0v) is 11.5. The van der Waals surface area contributed by atoms with Gasteiger partial charge in [0.25, 0.3) is 0 Å². The molecular weight excluding hydrogens is 264 g/mol. The first-order valence-electron chi connectivity index (χ1n) is 5.72. The third-order valence-electron chi connectivity index (χ3n) is 2.53. The van der Waals surface area contributed by atoms with Crippen LogP contribution in [0.15, 0.2) is 23.8 Å². The van der Waals surface area contributed by atoms with Gasteiger partial charge in [0.05, 0.1) is 21.3 Å². The Hall–Kier alpha value is -2.50. The van der Waals surface area contributed by atoms with Crippen LogP contribution in [0, 0.1) is 0 Å². The van der Waals surface area contributed by atoms with Crippen molar-refractivity contribution >= 4 is 18.0 Å². The van der Waals surface area contributed by atoms with Gasteiger partial charge in [0.1, 0.15) is 0 Å². The maximum Gasteiger partial charge on any atom is 0.334 e. The lowest BCUT2D eigenvalue weighted by molar-refractivity contribution is -0.304.